The number of β-lactam (4-membered cyclic amide) rings is 1. The first-order valence-corrected chi connectivity index (χ1v) is 11.7. The van der Waals surface area contributed by atoms with Gasteiger partial charge in [-0.1, -0.05) is 30.0 Å². The number of carbonyl (C=O) groups is 3. The summed E-state index contributed by atoms with van der Waals surface area (Å²) in [5, 5.41) is 20.0. The molecule has 0 radical (unpaired) electrons. The summed E-state index contributed by atoms with van der Waals surface area (Å²) >= 11 is 1.08. The Balaban J connectivity index is 1.60. The molecule has 2 aromatic rings. The second-order valence-corrected chi connectivity index (χ2v) is 8.87. The van der Waals surface area contributed by atoms with Crippen molar-refractivity contribution in [3.8, 4) is 5.75 Å². The zero-order valence-electron chi connectivity index (χ0n) is 19.4. The van der Waals surface area contributed by atoms with Crippen LogP contribution in [0.4, 0.5) is 5.69 Å². The van der Waals surface area contributed by atoms with Gasteiger partial charge < -0.3 is 19.3 Å². The van der Waals surface area contributed by atoms with Crippen LogP contribution in [0.1, 0.15) is 12.5 Å². The molecule has 1 atom stereocenters. The predicted octanol–water partition coefficient (Wildman–Crippen LogP) is 3.73. The average molecular weight is 525 g/mol. The number of nitrogens with zero attached hydrogens (tertiary/aromatic N) is 2. The molecule has 37 heavy (non-hydrogen) atoms. The third-order valence-electron chi connectivity index (χ3n) is 5.34. The number of ether oxygens (including phenoxy) is 3. The maximum absolute atomic E-state index is 13.2. The number of non-ortho nitro benzene ring substituents is 1. The molecule has 0 spiro atoms. The second-order valence-electron chi connectivity index (χ2n) is 7.75. The Kier molecular flexibility index (Phi) is 7.58. The van der Waals surface area contributed by atoms with Gasteiger partial charge in [-0.2, -0.15) is 0 Å². The van der Waals surface area contributed by atoms with Crippen molar-refractivity contribution in [3.05, 3.63) is 105 Å². The van der Waals surface area contributed by atoms with Gasteiger partial charge in [0.15, 0.2) is 0 Å². The molecule has 190 valence electrons. The summed E-state index contributed by atoms with van der Waals surface area (Å²) in [6.07, 6.45) is 2.06. The molecule has 2 aliphatic rings. The monoisotopic (exact) mass is 524 g/mol. The maximum Gasteiger partial charge on any atom is 0.355 e. The van der Waals surface area contributed by atoms with Crippen molar-refractivity contribution in [2.75, 3.05) is 6.61 Å². The molecule has 2 aromatic carbocycles. The van der Waals surface area contributed by atoms with Crippen molar-refractivity contribution in [1.82, 2.24) is 4.90 Å². The molecule has 1 N–H and O–H groups in total. The predicted molar refractivity (Wildman–Crippen MR) is 131 cm³/mol. The van der Waals surface area contributed by atoms with Crippen molar-refractivity contribution in [2.45, 2.75) is 18.9 Å². The third-order valence-corrected chi connectivity index (χ3v) is 6.64. The quantitative estimate of drug-likeness (QED) is 0.135. The van der Waals surface area contributed by atoms with Gasteiger partial charge >= 0.3 is 11.9 Å². The van der Waals surface area contributed by atoms with Crippen LogP contribution in [0.5, 0.6) is 5.75 Å². The van der Waals surface area contributed by atoms with Gasteiger partial charge in [0, 0.05) is 24.6 Å². The van der Waals surface area contributed by atoms with E-state index in [0.717, 1.165) is 18.0 Å². The number of fused-ring (bicyclic) bond motifs is 1. The van der Waals surface area contributed by atoms with Crippen LogP contribution in [0.3, 0.4) is 0 Å². The van der Waals surface area contributed by atoms with E-state index in [9.17, 15) is 29.6 Å². The minimum absolute atomic E-state index is 0.101. The van der Waals surface area contributed by atoms with E-state index in [-0.39, 0.29) is 40.6 Å². The molecule has 0 saturated carbocycles. The van der Waals surface area contributed by atoms with Crippen LogP contribution in [0.25, 0.3) is 0 Å². The Morgan fingerprint density at radius 3 is 2.43 bits per heavy atom. The van der Waals surface area contributed by atoms with Crippen molar-refractivity contribution in [3.63, 3.8) is 0 Å². The first-order valence-electron chi connectivity index (χ1n) is 10.8. The lowest BCUT2D eigenvalue weighted by Crippen LogP contribution is -2.56. The van der Waals surface area contributed by atoms with Gasteiger partial charge in [0.1, 0.15) is 36.3 Å². The molecule has 1 saturated heterocycles. The highest BCUT2D eigenvalue weighted by Crippen LogP contribution is 2.49. The molecular formula is C25H20N2O9S. The van der Waals surface area contributed by atoms with E-state index >= 15 is 0 Å². The Hall–Kier alpha value is -4.58. The number of amides is 1. The van der Waals surface area contributed by atoms with E-state index in [2.05, 4.69) is 0 Å². The summed E-state index contributed by atoms with van der Waals surface area (Å²) in [7, 11) is 0. The first-order chi connectivity index (χ1) is 17.8. The van der Waals surface area contributed by atoms with E-state index in [1.54, 1.807) is 24.3 Å². The number of esters is 2. The molecule has 12 heteroatoms. The zero-order chi connectivity index (χ0) is 26.5. The van der Waals surface area contributed by atoms with E-state index < -0.39 is 28.1 Å². The second kappa shape index (κ2) is 11.0. The number of nitro benzene ring substituents is 1. The number of aliphatic hydroxyl groups is 1. The van der Waals surface area contributed by atoms with Crippen LogP contribution in [-0.4, -0.2) is 44.8 Å². The lowest BCUT2D eigenvalue weighted by molar-refractivity contribution is -0.384. The lowest BCUT2D eigenvalue weighted by Gasteiger charge is -2.46. The van der Waals surface area contributed by atoms with Crippen LogP contribution in [0.2, 0.25) is 0 Å². The van der Waals surface area contributed by atoms with E-state index in [1.807, 2.05) is 6.07 Å². The normalized spacial score (nSPS) is 18.8. The number of nitro groups is 1. The summed E-state index contributed by atoms with van der Waals surface area (Å²) < 4.78 is 16.0. The van der Waals surface area contributed by atoms with Gasteiger partial charge in [0.25, 0.3) is 11.6 Å². The standard InChI is InChI=1S/C25H20N2O9S/c1-15(29)34-13-19-21(11-28)37-24-20(14-35-18-5-3-2-4-6-18)23(30)26(24)22(19)25(31)36-12-16-7-9-17(10-8-16)27(32)33/h2-11,14,24,28H,12-13H2,1H3/b20-14-,21-11-/t24-/m1/s1. The molecule has 0 aliphatic carbocycles. The molecule has 2 heterocycles. The summed E-state index contributed by atoms with van der Waals surface area (Å²) in [5.74, 6) is -1.54. The molecule has 1 amide bonds. The zero-order valence-corrected chi connectivity index (χ0v) is 20.2. The van der Waals surface area contributed by atoms with Crippen molar-refractivity contribution >= 4 is 35.3 Å². The smallest absolute Gasteiger partial charge is 0.355 e. The number of rotatable bonds is 8. The number of hydrogen-bond acceptors (Lipinski definition) is 10. The van der Waals surface area contributed by atoms with Gasteiger partial charge in [-0.05, 0) is 29.8 Å². The Morgan fingerprint density at radius 2 is 1.81 bits per heavy atom. The summed E-state index contributed by atoms with van der Waals surface area (Å²) in [4.78, 5) is 49.4. The Bertz CT molecular complexity index is 1330. The van der Waals surface area contributed by atoms with E-state index in [4.69, 9.17) is 14.2 Å². The first kappa shape index (κ1) is 25.5. The summed E-state index contributed by atoms with van der Waals surface area (Å²) in [6, 6.07) is 14.2. The van der Waals surface area contributed by atoms with Crippen molar-refractivity contribution in [2.24, 2.45) is 0 Å². The number of thioether (sulfide) groups is 1. The topological polar surface area (TPSA) is 146 Å². The van der Waals surface area contributed by atoms with Gasteiger partial charge in [0.2, 0.25) is 0 Å². The van der Waals surface area contributed by atoms with Crippen LogP contribution in [-0.2, 0) is 30.5 Å². The van der Waals surface area contributed by atoms with E-state index in [1.165, 1.54) is 42.4 Å². The number of benzene rings is 2. The van der Waals surface area contributed by atoms with Gasteiger partial charge in [-0.15, -0.1) is 0 Å². The van der Waals surface area contributed by atoms with Crippen LogP contribution in [0.15, 0.2) is 88.9 Å². The molecule has 1 fully saturated rings. The highest BCUT2D eigenvalue weighted by molar-refractivity contribution is 8.04. The highest BCUT2D eigenvalue weighted by atomic mass is 32.2. The number of hydrogen-bond donors (Lipinski definition) is 1. The summed E-state index contributed by atoms with van der Waals surface area (Å²) in [5.41, 5.74) is 0.528. The molecule has 4 rings (SSSR count). The van der Waals surface area contributed by atoms with Crippen molar-refractivity contribution in [1.29, 1.82) is 0 Å². The third kappa shape index (κ3) is 5.48. The van der Waals surface area contributed by atoms with Gasteiger partial charge in [-0.3, -0.25) is 24.6 Å². The number of para-hydroxylation sites is 1. The number of aliphatic hydroxyl groups excluding tert-OH is 1. The fourth-order valence-electron chi connectivity index (χ4n) is 3.53. The molecule has 0 unspecified atom stereocenters. The van der Waals surface area contributed by atoms with Crippen molar-refractivity contribution < 1.29 is 38.6 Å². The molecular weight excluding hydrogens is 504 g/mol. The van der Waals surface area contributed by atoms with Gasteiger partial charge in [0.05, 0.1) is 21.7 Å². The SMILES string of the molecule is CC(=O)OCC1=C(C(=O)OCc2ccc([N+](=O)[O-])cc2)N2C(=O)/C(=C/Oc3ccccc3)[C@H]2S/C1=C\O. The fraction of sp³-hybridized carbons (Fsp3) is 0.160. The van der Waals surface area contributed by atoms with Gasteiger partial charge in [-0.25, -0.2) is 4.79 Å². The van der Waals surface area contributed by atoms with Crippen LogP contribution >= 0.6 is 11.8 Å². The maximum atomic E-state index is 13.2. The Labute approximate surface area is 214 Å². The lowest BCUT2D eigenvalue weighted by atomic mass is 10.0. The largest absolute Gasteiger partial charge is 0.514 e. The molecule has 11 nitrogen and oxygen atoms in total. The molecule has 0 aromatic heterocycles. The Morgan fingerprint density at radius 1 is 1.11 bits per heavy atom. The fourth-order valence-corrected chi connectivity index (χ4v) is 4.72. The highest BCUT2D eigenvalue weighted by Gasteiger charge is 2.52. The average Bonchev–Trinajstić information content (AvgIpc) is 2.90. The number of carbonyl (C=O) groups excluding carboxylic acids is 3. The molecule has 0 bridgehead atoms. The minimum atomic E-state index is -0.901. The molecule has 2 aliphatic heterocycles. The van der Waals surface area contributed by atoms with E-state index in [0.29, 0.717) is 11.3 Å². The van der Waals surface area contributed by atoms with Crippen LogP contribution < -0.4 is 4.74 Å². The van der Waals surface area contributed by atoms with Crippen LogP contribution in [0, 0.1) is 10.1 Å². The summed E-state index contributed by atoms with van der Waals surface area (Å²) in [6.45, 7) is 0.566. The minimum Gasteiger partial charge on any atom is -0.514 e.